The number of rotatable bonds is 17. The van der Waals surface area contributed by atoms with Crippen molar-refractivity contribution >= 4 is 29.0 Å². The van der Waals surface area contributed by atoms with Crippen LogP contribution in [0.5, 0.6) is 11.5 Å². The van der Waals surface area contributed by atoms with E-state index in [-0.39, 0.29) is 44.0 Å². The van der Waals surface area contributed by atoms with E-state index in [1.54, 1.807) is 12.1 Å². The van der Waals surface area contributed by atoms with E-state index < -0.39 is 29.6 Å². The Kier molecular flexibility index (Phi) is 11.6. The molecule has 296 valence electrons. The van der Waals surface area contributed by atoms with Crippen molar-refractivity contribution < 1.29 is 39.5 Å². The van der Waals surface area contributed by atoms with Gasteiger partial charge in [0.1, 0.15) is 36.9 Å². The quantitative estimate of drug-likeness (QED) is 0.0487. The zero-order valence-electron chi connectivity index (χ0n) is 31.5. The van der Waals surface area contributed by atoms with Crippen LogP contribution in [0, 0.1) is 0 Å². The molecule has 0 fully saturated rings. The molecule has 0 aliphatic heterocycles. The smallest absolute Gasteiger partial charge is 0.335 e. The molecule has 6 aromatic carbocycles. The first-order chi connectivity index (χ1) is 28.0. The Morgan fingerprint density at radius 2 is 1.05 bits per heavy atom. The second-order valence-electron chi connectivity index (χ2n) is 14.2. The van der Waals surface area contributed by atoms with E-state index in [1.807, 2.05) is 72.8 Å². The molecule has 12 heteroatoms. The Hall–Kier alpha value is -6.86. The summed E-state index contributed by atoms with van der Waals surface area (Å²) in [5.41, 5.74) is 19.6. The summed E-state index contributed by atoms with van der Waals surface area (Å²) in [5, 5.41) is 46.3. The number of fused-ring (bicyclic) bond motifs is 3. The van der Waals surface area contributed by atoms with Crippen molar-refractivity contribution in [3.8, 4) is 22.6 Å². The predicted molar refractivity (Wildman–Crippen MR) is 223 cm³/mol. The average molecular weight is 781 g/mol. The van der Waals surface area contributed by atoms with E-state index in [4.69, 9.17) is 20.9 Å². The number of aliphatic hydroxyl groups is 2. The van der Waals surface area contributed by atoms with Gasteiger partial charge in [-0.25, -0.2) is 9.59 Å². The lowest BCUT2D eigenvalue weighted by Crippen LogP contribution is -2.29. The van der Waals surface area contributed by atoms with Crippen molar-refractivity contribution in [2.45, 2.75) is 24.2 Å². The van der Waals surface area contributed by atoms with Gasteiger partial charge in [0.05, 0.1) is 16.5 Å². The first-order valence-corrected chi connectivity index (χ1v) is 18.8. The number of ether oxygens (including phenoxy) is 2. The van der Waals surface area contributed by atoms with E-state index in [9.17, 15) is 30.0 Å². The number of carboxylic acid groups (broad SMARTS) is 2. The minimum atomic E-state index is -1.09. The highest BCUT2D eigenvalue weighted by atomic mass is 16.5. The highest BCUT2D eigenvalue weighted by Gasteiger charge is 2.45. The zero-order valence-corrected chi connectivity index (χ0v) is 31.5. The van der Waals surface area contributed by atoms with E-state index in [0.717, 1.165) is 33.4 Å². The molecule has 0 bridgehead atoms. The second-order valence-corrected chi connectivity index (χ2v) is 14.2. The SMILES string of the molecule is NCc1cc(NCC(O)COc2ccc(C3(c4ccc(OCC(O)CNc5cc(N)cc(C(=O)O)c5)cc4)c4ccccc4-c4ccccc43)cc2)cc(C(=O)O)c1. The Morgan fingerprint density at radius 1 is 0.603 bits per heavy atom. The minimum Gasteiger partial charge on any atom is -0.491 e. The van der Waals surface area contributed by atoms with Crippen LogP contribution in [0.1, 0.15) is 48.5 Å². The maximum absolute atomic E-state index is 11.5. The average Bonchev–Trinajstić information content (AvgIpc) is 3.54. The molecule has 0 aromatic heterocycles. The number of carbonyl (C=O) groups is 2. The van der Waals surface area contributed by atoms with Gasteiger partial charge in [0.2, 0.25) is 0 Å². The summed E-state index contributed by atoms with van der Waals surface area (Å²) in [6.45, 7) is 0.440. The van der Waals surface area contributed by atoms with Crippen molar-refractivity contribution in [2.24, 2.45) is 5.73 Å². The summed E-state index contributed by atoms with van der Waals surface area (Å²) in [7, 11) is 0. The second kappa shape index (κ2) is 17.1. The Morgan fingerprint density at radius 3 is 1.52 bits per heavy atom. The van der Waals surface area contributed by atoms with Gasteiger partial charge in [-0.1, -0.05) is 72.8 Å². The van der Waals surface area contributed by atoms with Crippen LogP contribution < -0.4 is 31.6 Å². The van der Waals surface area contributed by atoms with Gasteiger partial charge in [-0.2, -0.15) is 0 Å². The van der Waals surface area contributed by atoms with Crippen molar-refractivity contribution in [1.29, 1.82) is 0 Å². The van der Waals surface area contributed by atoms with E-state index in [0.29, 0.717) is 34.1 Å². The fraction of sp³-hybridized carbons (Fsp3) is 0.174. The summed E-state index contributed by atoms with van der Waals surface area (Å²) in [6.07, 6.45) is -1.78. The van der Waals surface area contributed by atoms with Gasteiger partial charge in [-0.15, -0.1) is 0 Å². The summed E-state index contributed by atoms with van der Waals surface area (Å²) < 4.78 is 12.0. The first-order valence-electron chi connectivity index (χ1n) is 18.8. The number of benzene rings is 6. The van der Waals surface area contributed by atoms with Gasteiger partial charge in [-0.3, -0.25) is 0 Å². The van der Waals surface area contributed by atoms with Gasteiger partial charge in [0.15, 0.2) is 0 Å². The summed E-state index contributed by atoms with van der Waals surface area (Å²) >= 11 is 0. The molecule has 0 amide bonds. The third-order valence-electron chi connectivity index (χ3n) is 10.2. The number of hydrogen-bond donors (Lipinski definition) is 8. The largest absolute Gasteiger partial charge is 0.491 e. The Balaban J connectivity index is 1.07. The van der Waals surface area contributed by atoms with Crippen LogP contribution in [0.15, 0.2) is 133 Å². The fourth-order valence-corrected chi connectivity index (χ4v) is 7.51. The van der Waals surface area contributed by atoms with E-state index in [1.165, 1.54) is 24.3 Å². The molecular formula is C46H44N4O8. The predicted octanol–water partition coefficient (Wildman–Crippen LogP) is 6.19. The molecule has 1 aliphatic carbocycles. The summed E-state index contributed by atoms with van der Waals surface area (Å²) in [6, 6.07) is 41.7. The minimum absolute atomic E-state index is 0.00337. The lowest BCUT2D eigenvalue weighted by atomic mass is 9.68. The lowest BCUT2D eigenvalue weighted by Gasteiger charge is -2.34. The fourth-order valence-electron chi connectivity index (χ4n) is 7.51. The molecule has 2 unspecified atom stereocenters. The van der Waals surface area contributed by atoms with Crippen LogP contribution in [-0.4, -0.2) is 70.9 Å². The highest BCUT2D eigenvalue weighted by Crippen LogP contribution is 2.56. The zero-order chi connectivity index (χ0) is 40.8. The van der Waals surface area contributed by atoms with Gasteiger partial charge in [0, 0.05) is 36.7 Å². The molecule has 0 saturated heterocycles. The molecule has 7 rings (SSSR count). The number of hydrogen-bond acceptors (Lipinski definition) is 10. The van der Waals surface area contributed by atoms with Gasteiger partial charge >= 0.3 is 11.9 Å². The van der Waals surface area contributed by atoms with Crippen LogP contribution in [0.3, 0.4) is 0 Å². The molecule has 0 radical (unpaired) electrons. The van der Waals surface area contributed by atoms with Crippen LogP contribution >= 0.6 is 0 Å². The van der Waals surface area contributed by atoms with Crippen LogP contribution in [0.2, 0.25) is 0 Å². The van der Waals surface area contributed by atoms with Crippen molar-refractivity contribution in [2.75, 3.05) is 42.7 Å². The van der Waals surface area contributed by atoms with Crippen LogP contribution in [0.25, 0.3) is 11.1 Å². The molecule has 58 heavy (non-hydrogen) atoms. The molecule has 2 atom stereocenters. The van der Waals surface area contributed by atoms with Gasteiger partial charge in [-0.05, 0) is 99.6 Å². The molecule has 12 nitrogen and oxygen atoms in total. The van der Waals surface area contributed by atoms with Crippen molar-refractivity contribution in [3.63, 3.8) is 0 Å². The number of aromatic carboxylic acids is 2. The van der Waals surface area contributed by atoms with Gasteiger partial charge < -0.3 is 52.0 Å². The third kappa shape index (κ3) is 8.30. The summed E-state index contributed by atoms with van der Waals surface area (Å²) in [5.74, 6) is -1.01. The standard InChI is InChI=1S/C46H44N4O8/c47-23-28-17-29(44(53)54)20-34(18-28)49-24-36(51)26-57-38-13-9-31(10-14-38)46(42-7-3-1-5-40(42)41-6-2-4-8-43(41)46)32-11-15-39(16-12-32)58-27-37(52)25-50-35-21-30(45(55)56)19-33(48)22-35/h1-22,36-37,49-52H,23-27,47-48H2,(H,53,54)(H,55,56). The van der Waals surface area contributed by atoms with Crippen LogP contribution in [-0.2, 0) is 12.0 Å². The van der Waals surface area contributed by atoms with E-state index in [2.05, 4.69) is 34.9 Å². The van der Waals surface area contributed by atoms with E-state index >= 15 is 0 Å². The number of nitrogens with two attached hydrogens (primary N) is 2. The molecule has 10 N–H and O–H groups in total. The topological polar surface area (TPSA) is 210 Å². The van der Waals surface area contributed by atoms with Gasteiger partial charge in [0.25, 0.3) is 0 Å². The monoisotopic (exact) mass is 780 g/mol. The molecular weight excluding hydrogens is 737 g/mol. The number of nitrogens with one attached hydrogen (secondary N) is 2. The summed E-state index contributed by atoms with van der Waals surface area (Å²) in [4.78, 5) is 22.9. The molecule has 1 aliphatic rings. The molecule has 0 heterocycles. The normalized spacial score (nSPS) is 13.4. The molecule has 0 saturated carbocycles. The van der Waals surface area contributed by atoms with Crippen LogP contribution in [0.4, 0.5) is 17.1 Å². The Bertz CT molecular complexity index is 2370. The lowest BCUT2D eigenvalue weighted by molar-refractivity contribution is 0.0686. The molecule has 6 aromatic rings. The maximum Gasteiger partial charge on any atom is 0.335 e. The number of anilines is 3. The Labute approximate surface area is 335 Å². The molecule has 0 spiro atoms. The first kappa shape index (κ1) is 39.4. The number of carboxylic acids is 2. The van der Waals surface area contributed by atoms with Crippen molar-refractivity contribution in [1.82, 2.24) is 0 Å². The number of nitrogen functional groups attached to an aromatic ring is 1. The third-order valence-corrected chi connectivity index (χ3v) is 10.2. The maximum atomic E-state index is 11.5. The highest BCUT2D eigenvalue weighted by molar-refractivity contribution is 5.91. The number of aliphatic hydroxyl groups excluding tert-OH is 2. The van der Waals surface area contributed by atoms with Crippen molar-refractivity contribution in [3.05, 3.63) is 172 Å².